The number of hydrogen-bond donors (Lipinski definition) is 1. The first-order chi connectivity index (χ1) is 17.1. The van der Waals surface area contributed by atoms with E-state index in [9.17, 15) is 9.90 Å². The minimum absolute atomic E-state index is 0.129. The minimum atomic E-state index is -0.921. The van der Waals surface area contributed by atoms with E-state index in [4.69, 9.17) is 4.74 Å². The molecule has 2 aromatic heterocycles. The van der Waals surface area contributed by atoms with Crippen LogP contribution in [-0.4, -0.2) is 48.0 Å². The lowest BCUT2D eigenvalue weighted by atomic mass is 9.91. The van der Waals surface area contributed by atoms with Crippen molar-refractivity contribution in [2.75, 3.05) is 13.1 Å². The van der Waals surface area contributed by atoms with Crippen LogP contribution in [0.25, 0.3) is 11.0 Å². The molecule has 0 amide bonds. The fourth-order valence-electron chi connectivity index (χ4n) is 4.81. The van der Waals surface area contributed by atoms with Gasteiger partial charge in [-0.05, 0) is 55.5 Å². The lowest BCUT2D eigenvalue weighted by Gasteiger charge is -2.38. The second-order valence-corrected chi connectivity index (χ2v) is 9.79. The molecule has 0 spiro atoms. The number of benzene rings is 2. The van der Waals surface area contributed by atoms with Gasteiger partial charge in [-0.15, -0.1) is 0 Å². The number of aromatic nitrogens is 4. The van der Waals surface area contributed by atoms with Gasteiger partial charge in [-0.25, -0.2) is 9.67 Å². The number of likely N-dealkylation sites (tertiary alicyclic amines) is 1. The number of piperidine rings is 1. The molecular formula is C27H29N5O3. The number of hydrogen-bond acceptors (Lipinski definition) is 6. The standard InChI is InChI=1S/C27H29N5O3/c33-26-24-16-29-32(21-8-9-21)25(24)28-19-31(26)18-27(34)12-14-30(15-13-27)17-20-6-10-23(11-7-20)35-22-4-2-1-3-5-22/h1-7,10-11,16,19,21,34H,8-9,12-15,17-18H2. The summed E-state index contributed by atoms with van der Waals surface area (Å²) in [5.74, 6) is 1.63. The van der Waals surface area contributed by atoms with Crippen LogP contribution >= 0.6 is 0 Å². The van der Waals surface area contributed by atoms with Gasteiger partial charge in [0.05, 0.1) is 24.4 Å². The molecule has 2 aromatic carbocycles. The van der Waals surface area contributed by atoms with Crippen LogP contribution < -0.4 is 10.3 Å². The maximum atomic E-state index is 13.0. The molecule has 2 aliphatic rings. The van der Waals surface area contributed by atoms with Gasteiger partial charge in [0.15, 0.2) is 5.65 Å². The number of rotatable bonds is 7. The third-order valence-electron chi connectivity index (χ3n) is 7.03. The first-order valence-electron chi connectivity index (χ1n) is 12.3. The molecule has 1 saturated carbocycles. The van der Waals surface area contributed by atoms with E-state index in [1.54, 1.807) is 17.1 Å². The first-order valence-corrected chi connectivity index (χ1v) is 12.3. The molecule has 0 unspecified atom stereocenters. The van der Waals surface area contributed by atoms with Crippen LogP contribution in [-0.2, 0) is 13.1 Å². The maximum Gasteiger partial charge on any atom is 0.264 e. The highest BCUT2D eigenvalue weighted by Gasteiger charge is 2.33. The van der Waals surface area contributed by atoms with E-state index in [0.717, 1.165) is 44.0 Å². The van der Waals surface area contributed by atoms with Crippen molar-refractivity contribution in [3.8, 4) is 11.5 Å². The summed E-state index contributed by atoms with van der Waals surface area (Å²) < 4.78 is 9.27. The van der Waals surface area contributed by atoms with E-state index in [0.29, 0.717) is 29.9 Å². The normalized spacial score (nSPS) is 18.1. The Morgan fingerprint density at radius 3 is 2.43 bits per heavy atom. The summed E-state index contributed by atoms with van der Waals surface area (Å²) in [6.07, 6.45) is 6.56. The lowest BCUT2D eigenvalue weighted by Crippen LogP contribution is -2.47. The van der Waals surface area contributed by atoms with E-state index < -0.39 is 5.60 Å². The monoisotopic (exact) mass is 471 g/mol. The van der Waals surface area contributed by atoms with Crippen LogP contribution in [0.3, 0.4) is 0 Å². The average Bonchev–Trinajstić information content (AvgIpc) is 3.63. The van der Waals surface area contributed by atoms with Crippen molar-refractivity contribution < 1.29 is 9.84 Å². The third-order valence-corrected chi connectivity index (χ3v) is 7.03. The van der Waals surface area contributed by atoms with Crippen LogP contribution in [0.4, 0.5) is 0 Å². The van der Waals surface area contributed by atoms with Gasteiger partial charge in [-0.3, -0.25) is 14.3 Å². The molecule has 0 bridgehead atoms. The van der Waals surface area contributed by atoms with Gasteiger partial charge in [0.2, 0.25) is 0 Å². The van der Waals surface area contributed by atoms with Crippen molar-refractivity contribution in [3.63, 3.8) is 0 Å². The van der Waals surface area contributed by atoms with Gasteiger partial charge in [0.1, 0.15) is 23.2 Å². The molecule has 2 fully saturated rings. The van der Waals surface area contributed by atoms with Gasteiger partial charge >= 0.3 is 0 Å². The molecule has 180 valence electrons. The third kappa shape index (κ3) is 4.72. The predicted octanol–water partition coefficient (Wildman–Crippen LogP) is 3.75. The van der Waals surface area contributed by atoms with Crippen molar-refractivity contribution >= 4 is 11.0 Å². The molecule has 8 heteroatoms. The Balaban J connectivity index is 1.06. The molecule has 3 heterocycles. The molecule has 1 saturated heterocycles. The highest BCUT2D eigenvalue weighted by Crippen LogP contribution is 2.35. The number of ether oxygens (including phenoxy) is 1. The van der Waals surface area contributed by atoms with Crippen molar-refractivity contribution in [3.05, 3.63) is 83.0 Å². The fraction of sp³-hybridized carbons (Fsp3) is 0.370. The van der Waals surface area contributed by atoms with Gasteiger partial charge in [0.25, 0.3) is 5.56 Å². The molecule has 1 aliphatic heterocycles. The molecule has 1 N–H and O–H groups in total. The summed E-state index contributed by atoms with van der Waals surface area (Å²) in [6, 6.07) is 18.3. The number of nitrogens with zero attached hydrogens (tertiary/aromatic N) is 5. The maximum absolute atomic E-state index is 13.0. The average molecular weight is 472 g/mol. The summed E-state index contributed by atoms with van der Waals surface area (Å²) >= 11 is 0. The van der Waals surface area contributed by atoms with Gasteiger partial charge in [0, 0.05) is 19.6 Å². The van der Waals surface area contributed by atoms with Crippen LogP contribution in [0, 0.1) is 0 Å². The van der Waals surface area contributed by atoms with Crippen molar-refractivity contribution in [1.82, 2.24) is 24.2 Å². The summed E-state index contributed by atoms with van der Waals surface area (Å²) in [5.41, 5.74) is 0.802. The summed E-state index contributed by atoms with van der Waals surface area (Å²) in [4.78, 5) is 19.8. The number of para-hydroxylation sites is 1. The zero-order valence-corrected chi connectivity index (χ0v) is 19.6. The Kier molecular flexibility index (Phi) is 5.62. The van der Waals surface area contributed by atoms with E-state index in [-0.39, 0.29) is 12.1 Å². The van der Waals surface area contributed by atoms with E-state index in [1.165, 1.54) is 5.56 Å². The van der Waals surface area contributed by atoms with E-state index in [1.807, 2.05) is 47.1 Å². The summed E-state index contributed by atoms with van der Waals surface area (Å²) in [6.45, 7) is 2.60. The first kappa shape index (κ1) is 22.0. The Morgan fingerprint density at radius 1 is 1.00 bits per heavy atom. The quantitative estimate of drug-likeness (QED) is 0.442. The lowest BCUT2D eigenvalue weighted by molar-refractivity contribution is -0.0364. The predicted molar refractivity (Wildman–Crippen MR) is 132 cm³/mol. The molecule has 0 atom stereocenters. The molecule has 6 rings (SSSR count). The fourth-order valence-corrected chi connectivity index (χ4v) is 4.81. The van der Waals surface area contributed by atoms with Crippen LogP contribution in [0.15, 0.2) is 71.9 Å². The van der Waals surface area contributed by atoms with E-state index >= 15 is 0 Å². The van der Waals surface area contributed by atoms with Crippen molar-refractivity contribution in [2.24, 2.45) is 0 Å². The molecule has 8 nitrogen and oxygen atoms in total. The van der Waals surface area contributed by atoms with Crippen LogP contribution in [0.5, 0.6) is 11.5 Å². The van der Waals surface area contributed by atoms with Gasteiger partial charge in [-0.2, -0.15) is 5.10 Å². The van der Waals surface area contributed by atoms with E-state index in [2.05, 4.69) is 27.1 Å². The smallest absolute Gasteiger partial charge is 0.264 e. The largest absolute Gasteiger partial charge is 0.457 e. The highest BCUT2D eigenvalue weighted by atomic mass is 16.5. The molecule has 0 radical (unpaired) electrons. The zero-order valence-electron chi connectivity index (χ0n) is 19.6. The van der Waals surface area contributed by atoms with Crippen molar-refractivity contribution in [2.45, 2.75) is 50.4 Å². The summed E-state index contributed by atoms with van der Waals surface area (Å²) in [7, 11) is 0. The molecule has 4 aromatic rings. The SMILES string of the molecule is O=c1c2cnn(C3CC3)c2ncn1CC1(O)CCN(Cc2ccc(Oc3ccccc3)cc2)CC1. The number of fused-ring (bicyclic) bond motifs is 1. The summed E-state index contributed by atoms with van der Waals surface area (Å²) in [5, 5.41) is 16.1. The van der Waals surface area contributed by atoms with Crippen LogP contribution in [0.2, 0.25) is 0 Å². The second-order valence-electron chi connectivity index (χ2n) is 9.79. The highest BCUT2D eigenvalue weighted by molar-refractivity contribution is 5.73. The Hall–Kier alpha value is -3.49. The second kappa shape index (κ2) is 8.94. The topological polar surface area (TPSA) is 85.4 Å². The van der Waals surface area contributed by atoms with Gasteiger partial charge in [-0.1, -0.05) is 30.3 Å². The molecular weight excluding hydrogens is 442 g/mol. The Morgan fingerprint density at radius 2 is 1.71 bits per heavy atom. The molecule has 35 heavy (non-hydrogen) atoms. The molecule has 1 aliphatic carbocycles. The van der Waals surface area contributed by atoms with Gasteiger partial charge < -0.3 is 9.84 Å². The van der Waals surface area contributed by atoms with Crippen molar-refractivity contribution in [1.29, 1.82) is 0 Å². The minimum Gasteiger partial charge on any atom is -0.457 e. The Bertz CT molecular complexity index is 1370. The zero-order chi connectivity index (χ0) is 23.8. The number of aliphatic hydroxyl groups is 1. The Labute approximate surface area is 203 Å². The van der Waals surface area contributed by atoms with Crippen LogP contribution in [0.1, 0.15) is 37.3 Å².